The highest BCUT2D eigenvalue weighted by Crippen LogP contribution is 2.09. The molecule has 0 aliphatic carbocycles. The number of rotatable bonds is 4. The summed E-state index contributed by atoms with van der Waals surface area (Å²) < 4.78 is 0. The molecule has 0 aromatic rings. The molecule has 0 aliphatic rings. The molecule has 0 aromatic carbocycles. The first-order valence-corrected chi connectivity index (χ1v) is 4.17. The molecule has 0 fully saturated rings. The number of carbonyl (C=O) groups is 1. The molecule has 0 saturated heterocycles. The second-order valence-corrected chi connectivity index (χ2v) is 3.70. The van der Waals surface area contributed by atoms with Crippen LogP contribution in [0, 0.1) is 11.8 Å². The van der Waals surface area contributed by atoms with E-state index in [1.54, 1.807) is 0 Å². The summed E-state index contributed by atoms with van der Waals surface area (Å²) in [6.45, 7) is 7.62. The summed E-state index contributed by atoms with van der Waals surface area (Å²) in [6.07, 6.45) is -0.174. The van der Waals surface area contributed by atoms with E-state index < -0.39 is 6.10 Å². The van der Waals surface area contributed by atoms with Crippen LogP contribution in [0.2, 0.25) is 0 Å². The second kappa shape index (κ2) is 6.18. The number of ketones is 1. The Balaban J connectivity index is 0. The van der Waals surface area contributed by atoms with E-state index in [4.69, 9.17) is 0 Å². The number of aliphatic hydroxyl groups is 1. The molecule has 0 rings (SSSR count). The van der Waals surface area contributed by atoms with Gasteiger partial charge < -0.3 is 5.11 Å². The van der Waals surface area contributed by atoms with Crippen LogP contribution in [0.3, 0.4) is 0 Å². The molecule has 2 heteroatoms. The summed E-state index contributed by atoms with van der Waals surface area (Å²) >= 11 is 0. The molecular formula is C10H22O2. The maximum atomic E-state index is 11.1. The molecule has 2 nitrogen and oxygen atoms in total. The lowest BCUT2D eigenvalue weighted by atomic mass is 9.97. The smallest absolute Gasteiger partial charge is 0.163 e. The molecule has 74 valence electrons. The van der Waals surface area contributed by atoms with E-state index in [0.717, 1.165) is 0 Å². The molecule has 12 heavy (non-hydrogen) atoms. The third-order valence-corrected chi connectivity index (χ3v) is 1.59. The summed E-state index contributed by atoms with van der Waals surface area (Å²) in [7, 11) is 0. The number of carbonyl (C=O) groups excluding carboxylic acids is 1. The number of hydrogen-bond acceptors (Lipinski definition) is 2. The fourth-order valence-corrected chi connectivity index (χ4v) is 0.947. The average molecular weight is 174 g/mol. The lowest BCUT2D eigenvalue weighted by Crippen LogP contribution is -2.26. The van der Waals surface area contributed by atoms with Crippen LogP contribution in [-0.4, -0.2) is 17.0 Å². The van der Waals surface area contributed by atoms with Crippen molar-refractivity contribution in [1.82, 2.24) is 0 Å². The van der Waals surface area contributed by atoms with E-state index in [1.807, 2.05) is 27.7 Å². The first-order chi connectivity index (χ1) is 4.95. The van der Waals surface area contributed by atoms with Gasteiger partial charge in [0, 0.05) is 5.92 Å². The molecule has 0 amide bonds. The van der Waals surface area contributed by atoms with Gasteiger partial charge in [0.25, 0.3) is 0 Å². The third-order valence-electron chi connectivity index (χ3n) is 1.59. The quantitative estimate of drug-likeness (QED) is 0.709. The van der Waals surface area contributed by atoms with Crippen LogP contribution < -0.4 is 0 Å². The molecule has 1 unspecified atom stereocenters. The van der Waals surface area contributed by atoms with Gasteiger partial charge in [-0.15, -0.1) is 0 Å². The minimum absolute atomic E-state index is 0. The van der Waals surface area contributed by atoms with Gasteiger partial charge in [-0.3, -0.25) is 4.79 Å². The lowest BCUT2D eigenvalue weighted by Gasteiger charge is -2.13. The fourth-order valence-electron chi connectivity index (χ4n) is 0.947. The molecule has 0 spiro atoms. The van der Waals surface area contributed by atoms with Crippen molar-refractivity contribution in [3.8, 4) is 0 Å². The number of Topliss-reactive ketones (excluding diaryl/α,β-unsaturated/α-hetero) is 1. The Morgan fingerprint density at radius 1 is 1.25 bits per heavy atom. The highest BCUT2D eigenvalue weighted by atomic mass is 16.3. The van der Waals surface area contributed by atoms with Crippen molar-refractivity contribution < 1.29 is 9.90 Å². The fraction of sp³-hybridized carbons (Fsp3) is 0.900. The zero-order valence-electron chi connectivity index (χ0n) is 7.79. The molecule has 0 aromatic heterocycles. The molecule has 0 aliphatic heterocycles. The summed E-state index contributed by atoms with van der Waals surface area (Å²) in [5, 5.41) is 9.31. The standard InChI is InChI=1S/C9H18O2.CH4/c1-6(2)5-8(10)9(11)7(3)4;/h6-8,10H,5H2,1-4H3;1H4. The summed E-state index contributed by atoms with van der Waals surface area (Å²) in [4.78, 5) is 11.1. The van der Waals surface area contributed by atoms with Gasteiger partial charge in [-0.05, 0) is 12.3 Å². The van der Waals surface area contributed by atoms with Gasteiger partial charge in [-0.25, -0.2) is 0 Å². The van der Waals surface area contributed by atoms with Crippen LogP contribution in [0.4, 0.5) is 0 Å². The molecular weight excluding hydrogens is 152 g/mol. The minimum atomic E-state index is -0.755. The highest BCUT2D eigenvalue weighted by Gasteiger charge is 2.18. The van der Waals surface area contributed by atoms with Gasteiger partial charge in [-0.2, -0.15) is 0 Å². The van der Waals surface area contributed by atoms with Crippen molar-refractivity contribution >= 4 is 5.78 Å². The largest absolute Gasteiger partial charge is 0.385 e. The summed E-state index contributed by atoms with van der Waals surface area (Å²) in [6, 6.07) is 0. The SMILES string of the molecule is C.CC(C)CC(O)C(=O)C(C)C. The Morgan fingerprint density at radius 3 is 1.92 bits per heavy atom. The summed E-state index contributed by atoms with van der Waals surface area (Å²) in [5.41, 5.74) is 0. The normalized spacial score (nSPS) is 12.9. The van der Waals surface area contributed by atoms with E-state index in [1.165, 1.54) is 0 Å². The van der Waals surface area contributed by atoms with Gasteiger partial charge in [0.2, 0.25) is 0 Å². The molecule has 1 atom stereocenters. The van der Waals surface area contributed by atoms with Crippen LogP contribution in [0.5, 0.6) is 0 Å². The highest BCUT2D eigenvalue weighted by molar-refractivity contribution is 5.84. The van der Waals surface area contributed by atoms with Gasteiger partial charge in [0.05, 0.1) is 0 Å². The summed E-state index contributed by atoms with van der Waals surface area (Å²) in [5.74, 6) is 0.287. The first-order valence-electron chi connectivity index (χ1n) is 4.17. The molecule has 0 heterocycles. The minimum Gasteiger partial charge on any atom is -0.385 e. The first kappa shape index (κ1) is 14.2. The third kappa shape index (κ3) is 5.30. The van der Waals surface area contributed by atoms with Gasteiger partial charge in [0.1, 0.15) is 6.10 Å². The van der Waals surface area contributed by atoms with Crippen LogP contribution in [0.15, 0.2) is 0 Å². The van der Waals surface area contributed by atoms with Crippen LogP contribution in [0.1, 0.15) is 41.5 Å². The van der Waals surface area contributed by atoms with Crippen molar-refractivity contribution in [2.75, 3.05) is 0 Å². The van der Waals surface area contributed by atoms with Gasteiger partial charge >= 0.3 is 0 Å². The Labute approximate surface area is 76.0 Å². The Morgan fingerprint density at radius 2 is 1.67 bits per heavy atom. The maximum Gasteiger partial charge on any atom is 0.163 e. The topological polar surface area (TPSA) is 37.3 Å². The maximum absolute atomic E-state index is 11.1. The Bertz CT molecular complexity index is 128. The molecule has 1 N–H and O–H groups in total. The number of aliphatic hydroxyl groups excluding tert-OH is 1. The second-order valence-electron chi connectivity index (χ2n) is 3.70. The van der Waals surface area contributed by atoms with E-state index in [2.05, 4.69) is 0 Å². The van der Waals surface area contributed by atoms with E-state index >= 15 is 0 Å². The van der Waals surface area contributed by atoms with Crippen LogP contribution in [-0.2, 0) is 4.79 Å². The predicted molar refractivity (Wildman–Crippen MR) is 52.0 cm³/mol. The van der Waals surface area contributed by atoms with Crippen LogP contribution >= 0.6 is 0 Å². The van der Waals surface area contributed by atoms with Crippen LogP contribution in [0.25, 0.3) is 0 Å². The zero-order chi connectivity index (χ0) is 9.02. The van der Waals surface area contributed by atoms with Crippen molar-refractivity contribution in [3.05, 3.63) is 0 Å². The zero-order valence-corrected chi connectivity index (χ0v) is 7.79. The van der Waals surface area contributed by atoms with Gasteiger partial charge in [0.15, 0.2) is 5.78 Å². The van der Waals surface area contributed by atoms with Gasteiger partial charge in [-0.1, -0.05) is 35.1 Å². The van der Waals surface area contributed by atoms with Crippen molar-refractivity contribution in [1.29, 1.82) is 0 Å². The predicted octanol–water partition coefficient (Wildman–Crippen LogP) is 2.25. The number of hydrogen-bond donors (Lipinski definition) is 1. The van der Waals surface area contributed by atoms with Crippen molar-refractivity contribution in [3.63, 3.8) is 0 Å². The molecule has 0 saturated carbocycles. The monoisotopic (exact) mass is 174 g/mol. The molecule has 0 bridgehead atoms. The van der Waals surface area contributed by atoms with Crippen molar-refractivity contribution in [2.45, 2.75) is 47.6 Å². The lowest BCUT2D eigenvalue weighted by molar-refractivity contribution is -0.130. The Hall–Kier alpha value is -0.370. The molecule has 0 radical (unpaired) electrons. The van der Waals surface area contributed by atoms with E-state index in [9.17, 15) is 9.90 Å². The average Bonchev–Trinajstić information content (AvgIpc) is 1.84. The van der Waals surface area contributed by atoms with E-state index in [0.29, 0.717) is 12.3 Å². The van der Waals surface area contributed by atoms with E-state index in [-0.39, 0.29) is 19.1 Å². The van der Waals surface area contributed by atoms with Crippen molar-refractivity contribution in [2.24, 2.45) is 11.8 Å². The Kier molecular flexibility index (Phi) is 7.30.